The summed E-state index contributed by atoms with van der Waals surface area (Å²) in [4.78, 5) is 0. The molecule has 1 heterocycles. The summed E-state index contributed by atoms with van der Waals surface area (Å²) in [6.45, 7) is 2.04. The zero-order valence-electron chi connectivity index (χ0n) is 10.9. The molecule has 1 aliphatic rings. The second kappa shape index (κ2) is 5.38. The molecule has 0 amide bonds. The number of hydrogen-bond donors (Lipinski definition) is 0. The van der Waals surface area contributed by atoms with Crippen molar-refractivity contribution in [3.05, 3.63) is 63.4 Å². The van der Waals surface area contributed by atoms with E-state index >= 15 is 0 Å². The van der Waals surface area contributed by atoms with Gasteiger partial charge in [0.1, 0.15) is 17.7 Å². The maximum Gasteiger partial charge on any atom is 0.137 e. The monoisotopic (exact) mass is 354 g/mol. The largest absolute Gasteiger partial charge is 0.490 e. The van der Waals surface area contributed by atoms with Gasteiger partial charge >= 0.3 is 0 Å². The third-order valence-corrected chi connectivity index (χ3v) is 4.79. The summed E-state index contributed by atoms with van der Waals surface area (Å²) in [6.07, 6.45) is 1.09. The van der Waals surface area contributed by atoms with Crippen LogP contribution in [0.1, 0.15) is 29.0 Å². The first-order chi connectivity index (χ1) is 9.56. The molecule has 0 bridgehead atoms. The zero-order chi connectivity index (χ0) is 14.3. The number of alkyl halides is 1. The Bertz CT molecular complexity index is 659. The Kier molecular flexibility index (Phi) is 3.74. The zero-order valence-corrected chi connectivity index (χ0v) is 13.2. The minimum Gasteiger partial charge on any atom is -0.490 e. The normalized spacial score (nSPS) is 18.5. The van der Waals surface area contributed by atoms with Gasteiger partial charge in [-0.15, -0.1) is 11.6 Å². The standard InChI is InChI=1S/C16H13BrClFO/c1-9-7-11-8-10(5-6-14(11)20-9)16(18)12-3-2-4-13(19)15(12)17/h2-6,8-9,16H,7H2,1H3. The van der Waals surface area contributed by atoms with Gasteiger partial charge in [0.05, 0.1) is 9.85 Å². The van der Waals surface area contributed by atoms with E-state index in [2.05, 4.69) is 15.9 Å². The number of hydrogen-bond acceptors (Lipinski definition) is 1. The highest BCUT2D eigenvalue weighted by Gasteiger charge is 2.22. The highest BCUT2D eigenvalue weighted by molar-refractivity contribution is 9.10. The summed E-state index contributed by atoms with van der Waals surface area (Å²) in [5.74, 6) is 0.620. The van der Waals surface area contributed by atoms with Crippen molar-refractivity contribution in [3.63, 3.8) is 0 Å². The average molecular weight is 356 g/mol. The van der Waals surface area contributed by atoms with Crippen LogP contribution in [-0.4, -0.2) is 6.10 Å². The van der Waals surface area contributed by atoms with E-state index in [1.165, 1.54) is 6.07 Å². The first kappa shape index (κ1) is 13.9. The lowest BCUT2D eigenvalue weighted by molar-refractivity contribution is 0.254. The highest BCUT2D eigenvalue weighted by atomic mass is 79.9. The SMILES string of the molecule is CC1Cc2cc(C(Cl)c3cccc(F)c3Br)ccc2O1. The Morgan fingerprint density at radius 3 is 2.95 bits per heavy atom. The van der Waals surface area contributed by atoms with Crippen molar-refractivity contribution in [1.82, 2.24) is 0 Å². The molecule has 1 aliphatic heterocycles. The third kappa shape index (κ3) is 2.45. The van der Waals surface area contributed by atoms with Gasteiger partial charge in [-0.3, -0.25) is 0 Å². The first-order valence-electron chi connectivity index (χ1n) is 6.43. The van der Waals surface area contributed by atoms with Crippen LogP contribution in [0.25, 0.3) is 0 Å². The fraction of sp³-hybridized carbons (Fsp3) is 0.250. The summed E-state index contributed by atoms with van der Waals surface area (Å²) >= 11 is 9.78. The number of halogens is 3. The van der Waals surface area contributed by atoms with Crippen molar-refractivity contribution in [2.75, 3.05) is 0 Å². The van der Waals surface area contributed by atoms with E-state index in [0.717, 1.165) is 28.9 Å². The first-order valence-corrected chi connectivity index (χ1v) is 7.66. The molecule has 0 spiro atoms. The van der Waals surface area contributed by atoms with E-state index in [1.807, 2.05) is 31.2 Å². The minimum atomic E-state index is -0.388. The van der Waals surface area contributed by atoms with Gasteiger partial charge in [0.2, 0.25) is 0 Å². The van der Waals surface area contributed by atoms with Crippen molar-refractivity contribution < 1.29 is 9.13 Å². The average Bonchev–Trinajstić information content (AvgIpc) is 2.80. The van der Waals surface area contributed by atoms with Crippen LogP contribution in [0.2, 0.25) is 0 Å². The van der Waals surface area contributed by atoms with Crippen LogP contribution in [0.3, 0.4) is 0 Å². The smallest absolute Gasteiger partial charge is 0.137 e. The van der Waals surface area contributed by atoms with E-state index in [1.54, 1.807) is 6.07 Å². The van der Waals surface area contributed by atoms with E-state index in [0.29, 0.717) is 4.47 Å². The van der Waals surface area contributed by atoms with Crippen LogP contribution < -0.4 is 4.74 Å². The Morgan fingerprint density at radius 2 is 2.15 bits per heavy atom. The molecular formula is C16H13BrClFO. The molecule has 2 atom stereocenters. The maximum absolute atomic E-state index is 13.6. The molecule has 2 aromatic rings. The van der Waals surface area contributed by atoms with Gasteiger partial charge in [-0.2, -0.15) is 0 Å². The van der Waals surface area contributed by atoms with Gasteiger partial charge in [0.25, 0.3) is 0 Å². The van der Waals surface area contributed by atoms with Gasteiger partial charge < -0.3 is 4.74 Å². The van der Waals surface area contributed by atoms with Gasteiger partial charge in [-0.1, -0.05) is 24.3 Å². The topological polar surface area (TPSA) is 9.23 Å². The molecule has 2 aromatic carbocycles. The van der Waals surface area contributed by atoms with Crippen LogP contribution >= 0.6 is 27.5 Å². The summed E-state index contributed by atoms with van der Waals surface area (Å²) < 4.78 is 19.7. The molecule has 104 valence electrons. The van der Waals surface area contributed by atoms with Crippen LogP contribution in [0.5, 0.6) is 5.75 Å². The second-order valence-electron chi connectivity index (χ2n) is 5.01. The van der Waals surface area contributed by atoms with Gasteiger partial charge in [0, 0.05) is 6.42 Å². The lowest BCUT2D eigenvalue weighted by Gasteiger charge is -2.13. The van der Waals surface area contributed by atoms with Crippen molar-refractivity contribution in [3.8, 4) is 5.75 Å². The fourth-order valence-electron chi connectivity index (χ4n) is 2.50. The Balaban J connectivity index is 1.97. The molecule has 20 heavy (non-hydrogen) atoms. The number of fused-ring (bicyclic) bond motifs is 1. The number of rotatable bonds is 2. The molecule has 0 saturated carbocycles. The van der Waals surface area contributed by atoms with Gasteiger partial charge in [-0.25, -0.2) is 4.39 Å². The number of benzene rings is 2. The van der Waals surface area contributed by atoms with Crippen LogP contribution in [0.15, 0.2) is 40.9 Å². The van der Waals surface area contributed by atoms with Crippen molar-refractivity contribution >= 4 is 27.5 Å². The molecular weight excluding hydrogens is 343 g/mol. The van der Waals surface area contributed by atoms with Crippen molar-refractivity contribution in [2.24, 2.45) is 0 Å². The molecule has 0 saturated heterocycles. The maximum atomic E-state index is 13.6. The Labute approximate surface area is 130 Å². The molecule has 0 fully saturated rings. The molecule has 0 N–H and O–H groups in total. The summed E-state index contributed by atoms with van der Waals surface area (Å²) in [7, 11) is 0. The Hall–Kier alpha value is -1.06. The van der Waals surface area contributed by atoms with Crippen LogP contribution in [0.4, 0.5) is 4.39 Å². The molecule has 0 radical (unpaired) electrons. The lowest BCUT2D eigenvalue weighted by atomic mass is 10.0. The van der Waals surface area contributed by atoms with E-state index in [4.69, 9.17) is 16.3 Å². The summed E-state index contributed by atoms with van der Waals surface area (Å²) in [6, 6.07) is 10.8. The molecule has 3 rings (SSSR count). The Morgan fingerprint density at radius 1 is 1.35 bits per heavy atom. The predicted octanol–water partition coefficient (Wildman–Crippen LogP) is 5.24. The minimum absolute atomic E-state index is 0.204. The van der Waals surface area contributed by atoms with Crippen molar-refractivity contribution in [1.29, 1.82) is 0 Å². The van der Waals surface area contributed by atoms with Gasteiger partial charge in [0.15, 0.2) is 0 Å². The molecule has 0 aromatic heterocycles. The van der Waals surface area contributed by atoms with Crippen LogP contribution in [-0.2, 0) is 6.42 Å². The molecule has 1 nitrogen and oxygen atoms in total. The highest BCUT2D eigenvalue weighted by Crippen LogP contribution is 2.38. The quantitative estimate of drug-likeness (QED) is 0.669. The number of ether oxygens (including phenoxy) is 1. The summed E-state index contributed by atoms with van der Waals surface area (Å²) in [5.41, 5.74) is 2.85. The van der Waals surface area contributed by atoms with E-state index < -0.39 is 0 Å². The third-order valence-electron chi connectivity index (χ3n) is 3.47. The van der Waals surface area contributed by atoms with Crippen LogP contribution in [0, 0.1) is 5.82 Å². The van der Waals surface area contributed by atoms with E-state index in [-0.39, 0.29) is 17.3 Å². The van der Waals surface area contributed by atoms with Crippen molar-refractivity contribution in [2.45, 2.75) is 24.8 Å². The van der Waals surface area contributed by atoms with E-state index in [9.17, 15) is 4.39 Å². The summed E-state index contributed by atoms with van der Waals surface area (Å²) in [5, 5.41) is -0.388. The van der Waals surface area contributed by atoms with Gasteiger partial charge in [-0.05, 0) is 51.7 Å². The fourth-order valence-corrected chi connectivity index (χ4v) is 3.44. The second-order valence-corrected chi connectivity index (χ2v) is 6.23. The molecule has 4 heteroatoms. The molecule has 2 unspecified atom stereocenters. The predicted molar refractivity (Wildman–Crippen MR) is 82.0 cm³/mol. The lowest BCUT2D eigenvalue weighted by Crippen LogP contribution is -2.05. The molecule has 0 aliphatic carbocycles.